The van der Waals surface area contributed by atoms with Gasteiger partial charge in [0.15, 0.2) is 5.76 Å². The maximum Gasteiger partial charge on any atom is 0.283 e. The molecule has 1 aromatic carbocycles. The number of nitrogens with zero attached hydrogens (tertiary/aromatic N) is 5. The quantitative estimate of drug-likeness (QED) is 0.545. The van der Waals surface area contributed by atoms with Crippen LogP contribution in [0.15, 0.2) is 55.9 Å². The van der Waals surface area contributed by atoms with E-state index in [9.17, 15) is 0 Å². The van der Waals surface area contributed by atoms with Gasteiger partial charge in [0.1, 0.15) is 0 Å². The van der Waals surface area contributed by atoms with Crippen molar-refractivity contribution >= 4 is 0 Å². The summed E-state index contributed by atoms with van der Waals surface area (Å²) in [4.78, 5) is 2.22. The Morgan fingerprint density at radius 1 is 1.00 bits per heavy atom. The molecule has 0 amide bonds. The van der Waals surface area contributed by atoms with Gasteiger partial charge in [0.05, 0.1) is 18.8 Å². The van der Waals surface area contributed by atoms with Crippen LogP contribution in [0.1, 0.15) is 34.8 Å². The summed E-state index contributed by atoms with van der Waals surface area (Å²) in [6.45, 7) is 3.01. The number of hydrogen-bond donors (Lipinski definition) is 0. The first-order chi connectivity index (χ1) is 13.3. The zero-order valence-corrected chi connectivity index (χ0v) is 14.7. The van der Waals surface area contributed by atoms with E-state index in [4.69, 9.17) is 13.3 Å². The van der Waals surface area contributed by atoms with Crippen LogP contribution in [0, 0.1) is 6.92 Å². The first kappa shape index (κ1) is 16.0. The molecule has 3 aromatic heterocycles. The van der Waals surface area contributed by atoms with Crippen LogP contribution in [-0.4, -0.2) is 25.3 Å². The van der Waals surface area contributed by atoms with Crippen LogP contribution in [0.25, 0.3) is 11.7 Å². The smallest absolute Gasteiger partial charge is 0.283 e. The lowest BCUT2D eigenvalue weighted by Crippen LogP contribution is -2.34. The van der Waals surface area contributed by atoms with E-state index in [2.05, 4.69) is 49.6 Å². The van der Waals surface area contributed by atoms with Gasteiger partial charge >= 0.3 is 0 Å². The fourth-order valence-corrected chi connectivity index (χ4v) is 3.42. The molecule has 1 aliphatic rings. The van der Waals surface area contributed by atoms with Crippen LogP contribution >= 0.6 is 0 Å². The molecule has 4 aromatic rings. The molecule has 5 rings (SSSR count). The maximum atomic E-state index is 5.78. The molecule has 0 fully saturated rings. The molecule has 0 N–H and O–H groups in total. The molecule has 8 heteroatoms. The van der Waals surface area contributed by atoms with E-state index in [1.54, 1.807) is 25.3 Å². The second kappa shape index (κ2) is 6.48. The zero-order chi connectivity index (χ0) is 18.2. The van der Waals surface area contributed by atoms with Gasteiger partial charge in [-0.15, -0.1) is 20.4 Å². The Labute approximate surface area is 154 Å². The van der Waals surface area contributed by atoms with Crippen LogP contribution in [0.5, 0.6) is 0 Å². The Kier molecular flexibility index (Phi) is 3.83. The predicted molar refractivity (Wildman–Crippen MR) is 93.2 cm³/mol. The summed E-state index contributed by atoms with van der Waals surface area (Å²) < 4.78 is 16.8. The fraction of sp³-hybridized carbons (Fsp3) is 0.263. The molecule has 0 aliphatic carbocycles. The molecular formula is C19H17N5O3. The van der Waals surface area contributed by atoms with Gasteiger partial charge < -0.3 is 13.3 Å². The molecule has 0 saturated carbocycles. The predicted octanol–water partition coefficient (Wildman–Crippen LogP) is 3.32. The molecule has 0 spiro atoms. The minimum absolute atomic E-state index is 0.0416. The summed E-state index contributed by atoms with van der Waals surface area (Å²) in [6, 6.07) is 11.9. The number of furan rings is 1. The lowest BCUT2D eigenvalue weighted by atomic mass is 9.94. The van der Waals surface area contributed by atoms with Crippen molar-refractivity contribution in [1.82, 2.24) is 25.3 Å². The molecule has 0 bridgehead atoms. The molecule has 0 radical (unpaired) electrons. The summed E-state index contributed by atoms with van der Waals surface area (Å²) >= 11 is 0. The van der Waals surface area contributed by atoms with E-state index in [0.29, 0.717) is 35.9 Å². The first-order valence-corrected chi connectivity index (χ1v) is 8.73. The normalized spacial score (nSPS) is 17.1. The van der Waals surface area contributed by atoms with Gasteiger partial charge in [0.2, 0.25) is 17.7 Å². The molecule has 1 aliphatic heterocycles. The third-order valence-corrected chi connectivity index (χ3v) is 4.71. The summed E-state index contributed by atoms with van der Waals surface area (Å²) in [7, 11) is 0. The Morgan fingerprint density at radius 2 is 1.89 bits per heavy atom. The summed E-state index contributed by atoms with van der Waals surface area (Å²) in [6.07, 6.45) is 2.37. The standard InChI is InChI=1S/C19H17N5O3/c1-12-20-22-18(26-12)15-9-13-5-2-3-6-14(13)10-24(15)11-17-21-23-19(27-17)16-7-4-8-25-16/h2-8,15H,9-11H2,1H3/t15-/m0/s1. The molecule has 8 nitrogen and oxygen atoms in total. The molecule has 27 heavy (non-hydrogen) atoms. The van der Waals surface area contributed by atoms with Gasteiger partial charge in [-0.25, -0.2) is 0 Å². The summed E-state index contributed by atoms with van der Waals surface area (Å²) in [5, 5.41) is 16.5. The van der Waals surface area contributed by atoms with Crippen LogP contribution in [-0.2, 0) is 19.5 Å². The van der Waals surface area contributed by atoms with E-state index in [0.717, 1.165) is 13.0 Å². The second-order valence-electron chi connectivity index (χ2n) is 6.53. The van der Waals surface area contributed by atoms with Crippen LogP contribution in [0.2, 0.25) is 0 Å². The largest absolute Gasteiger partial charge is 0.459 e. The Bertz CT molecular complexity index is 1050. The molecule has 0 saturated heterocycles. The van der Waals surface area contributed by atoms with E-state index >= 15 is 0 Å². The van der Waals surface area contributed by atoms with Crippen molar-refractivity contribution < 1.29 is 13.3 Å². The van der Waals surface area contributed by atoms with Crippen molar-refractivity contribution in [3.05, 3.63) is 71.5 Å². The highest BCUT2D eigenvalue weighted by Crippen LogP contribution is 2.34. The SMILES string of the molecule is Cc1nnc([C@@H]2Cc3ccccc3CN2Cc2nnc(-c3ccco3)o2)o1. The Morgan fingerprint density at radius 3 is 2.67 bits per heavy atom. The summed E-state index contributed by atoms with van der Waals surface area (Å²) in [5.41, 5.74) is 2.56. The number of rotatable bonds is 4. The van der Waals surface area contributed by atoms with E-state index in [1.807, 2.05) is 0 Å². The van der Waals surface area contributed by atoms with Crippen molar-refractivity contribution in [3.8, 4) is 11.7 Å². The van der Waals surface area contributed by atoms with Crippen LogP contribution in [0.3, 0.4) is 0 Å². The lowest BCUT2D eigenvalue weighted by Gasteiger charge is -2.33. The van der Waals surface area contributed by atoms with E-state index in [-0.39, 0.29) is 6.04 Å². The minimum atomic E-state index is -0.0416. The van der Waals surface area contributed by atoms with Gasteiger partial charge in [-0.1, -0.05) is 24.3 Å². The Balaban J connectivity index is 1.45. The Hall–Kier alpha value is -3.26. The monoisotopic (exact) mass is 363 g/mol. The van der Waals surface area contributed by atoms with E-state index < -0.39 is 0 Å². The first-order valence-electron chi connectivity index (χ1n) is 8.73. The molecule has 0 unspecified atom stereocenters. The average molecular weight is 363 g/mol. The van der Waals surface area contributed by atoms with Gasteiger partial charge in [-0.3, -0.25) is 4.90 Å². The highest BCUT2D eigenvalue weighted by Gasteiger charge is 2.32. The number of benzene rings is 1. The molecule has 1 atom stereocenters. The van der Waals surface area contributed by atoms with Crippen molar-refractivity contribution in [3.63, 3.8) is 0 Å². The number of aryl methyl sites for hydroxylation is 1. The van der Waals surface area contributed by atoms with Crippen molar-refractivity contribution in [2.75, 3.05) is 0 Å². The molecule has 4 heterocycles. The number of aromatic nitrogens is 4. The van der Waals surface area contributed by atoms with Crippen LogP contribution in [0.4, 0.5) is 0 Å². The van der Waals surface area contributed by atoms with Gasteiger partial charge in [0.25, 0.3) is 5.89 Å². The van der Waals surface area contributed by atoms with Crippen molar-refractivity contribution in [1.29, 1.82) is 0 Å². The number of fused-ring (bicyclic) bond motifs is 1. The van der Waals surface area contributed by atoms with Gasteiger partial charge in [0, 0.05) is 13.5 Å². The molecular weight excluding hydrogens is 346 g/mol. The van der Waals surface area contributed by atoms with Crippen molar-refractivity contribution in [2.24, 2.45) is 0 Å². The highest BCUT2D eigenvalue weighted by atomic mass is 16.4. The van der Waals surface area contributed by atoms with Crippen LogP contribution < -0.4 is 0 Å². The minimum Gasteiger partial charge on any atom is -0.459 e. The average Bonchev–Trinajstić information content (AvgIpc) is 3.42. The van der Waals surface area contributed by atoms with Crippen molar-refractivity contribution in [2.45, 2.75) is 32.5 Å². The third-order valence-electron chi connectivity index (χ3n) is 4.71. The molecule has 136 valence electrons. The van der Waals surface area contributed by atoms with E-state index in [1.165, 1.54) is 11.1 Å². The topological polar surface area (TPSA) is 94.2 Å². The van der Waals surface area contributed by atoms with Gasteiger partial charge in [-0.2, -0.15) is 0 Å². The zero-order valence-electron chi connectivity index (χ0n) is 14.7. The maximum absolute atomic E-state index is 5.78. The summed E-state index contributed by atoms with van der Waals surface area (Å²) in [5.74, 6) is 2.61. The second-order valence-corrected chi connectivity index (χ2v) is 6.53. The third kappa shape index (κ3) is 3.04. The highest BCUT2D eigenvalue weighted by molar-refractivity contribution is 5.42. The number of hydrogen-bond acceptors (Lipinski definition) is 8. The van der Waals surface area contributed by atoms with Gasteiger partial charge in [-0.05, 0) is 29.7 Å². The lowest BCUT2D eigenvalue weighted by molar-refractivity contribution is 0.125. The fourth-order valence-electron chi connectivity index (χ4n) is 3.42.